The largest absolute Gasteiger partial charge is 0.384 e. The van der Waals surface area contributed by atoms with Crippen molar-refractivity contribution in [2.24, 2.45) is 0 Å². The molecular weight excluding hydrogens is 202 g/mol. The predicted octanol–water partition coefficient (Wildman–Crippen LogP) is 1.14. The molecule has 1 saturated heterocycles. The van der Waals surface area contributed by atoms with Gasteiger partial charge in [0.15, 0.2) is 5.65 Å². The summed E-state index contributed by atoms with van der Waals surface area (Å²) in [6.07, 6.45) is 2.28. The van der Waals surface area contributed by atoms with Crippen LogP contribution in [0.5, 0.6) is 0 Å². The molecule has 2 aromatic heterocycles. The average Bonchev–Trinajstić information content (AvgIpc) is 2.84. The molecule has 1 aliphatic rings. The standard InChI is InChI=1S/C11H15N5/c1-11(5-2-6-13-11)10-14-7-3-4-8(12)15-9(7)16-10/h3-4,13H,2,5-6H2,1H3,(H3,12,14,15,16). The van der Waals surface area contributed by atoms with E-state index in [1.807, 2.05) is 6.07 Å². The molecule has 3 heterocycles. The lowest BCUT2D eigenvalue weighted by molar-refractivity contribution is 0.412. The number of pyridine rings is 1. The molecule has 1 fully saturated rings. The number of nitrogen functional groups attached to an aromatic ring is 1. The molecule has 5 nitrogen and oxygen atoms in total. The quantitative estimate of drug-likeness (QED) is 0.669. The fourth-order valence-electron chi connectivity index (χ4n) is 2.27. The third kappa shape index (κ3) is 1.36. The molecule has 2 aromatic rings. The second kappa shape index (κ2) is 3.18. The lowest BCUT2D eigenvalue weighted by Gasteiger charge is -2.20. The number of anilines is 1. The molecule has 1 unspecified atom stereocenters. The zero-order valence-electron chi connectivity index (χ0n) is 9.25. The van der Waals surface area contributed by atoms with Gasteiger partial charge in [0, 0.05) is 0 Å². The second-order valence-corrected chi connectivity index (χ2v) is 4.56. The number of nitrogens with zero attached hydrogens (tertiary/aromatic N) is 2. The van der Waals surface area contributed by atoms with Gasteiger partial charge in [-0.25, -0.2) is 9.97 Å². The minimum atomic E-state index is -0.0462. The molecule has 0 aliphatic carbocycles. The van der Waals surface area contributed by atoms with Crippen molar-refractivity contribution in [2.75, 3.05) is 12.3 Å². The van der Waals surface area contributed by atoms with Crippen LogP contribution >= 0.6 is 0 Å². The Morgan fingerprint density at radius 3 is 3.00 bits per heavy atom. The van der Waals surface area contributed by atoms with Crippen LogP contribution in [-0.2, 0) is 5.54 Å². The molecule has 1 aliphatic heterocycles. The highest BCUT2D eigenvalue weighted by Crippen LogP contribution is 2.29. The molecule has 4 N–H and O–H groups in total. The van der Waals surface area contributed by atoms with Crippen molar-refractivity contribution in [2.45, 2.75) is 25.3 Å². The van der Waals surface area contributed by atoms with Gasteiger partial charge in [-0.2, -0.15) is 0 Å². The van der Waals surface area contributed by atoms with E-state index >= 15 is 0 Å². The Kier molecular flexibility index (Phi) is 1.91. The van der Waals surface area contributed by atoms with Gasteiger partial charge in [0.2, 0.25) is 0 Å². The molecule has 16 heavy (non-hydrogen) atoms. The van der Waals surface area contributed by atoms with Crippen LogP contribution in [0, 0.1) is 0 Å². The number of aromatic nitrogens is 3. The van der Waals surface area contributed by atoms with E-state index in [9.17, 15) is 0 Å². The van der Waals surface area contributed by atoms with E-state index in [0.29, 0.717) is 11.5 Å². The van der Waals surface area contributed by atoms with Gasteiger partial charge in [-0.05, 0) is 38.4 Å². The maximum absolute atomic E-state index is 5.64. The summed E-state index contributed by atoms with van der Waals surface area (Å²) in [7, 11) is 0. The van der Waals surface area contributed by atoms with Crippen molar-refractivity contribution >= 4 is 17.0 Å². The van der Waals surface area contributed by atoms with Crippen LogP contribution in [0.15, 0.2) is 12.1 Å². The van der Waals surface area contributed by atoms with Gasteiger partial charge in [-0.15, -0.1) is 0 Å². The summed E-state index contributed by atoms with van der Waals surface area (Å²) in [4.78, 5) is 12.0. The monoisotopic (exact) mass is 217 g/mol. The van der Waals surface area contributed by atoms with Crippen LogP contribution in [0.1, 0.15) is 25.6 Å². The van der Waals surface area contributed by atoms with Crippen molar-refractivity contribution in [3.63, 3.8) is 0 Å². The van der Waals surface area contributed by atoms with Crippen LogP contribution in [-0.4, -0.2) is 21.5 Å². The highest BCUT2D eigenvalue weighted by molar-refractivity contribution is 5.72. The average molecular weight is 217 g/mol. The first-order valence-corrected chi connectivity index (χ1v) is 5.55. The Hall–Kier alpha value is -1.62. The molecule has 3 rings (SSSR count). The first-order chi connectivity index (χ1) is 7.67. The summed E-state index contributed by atoms with van der Waals surface area (Å²) in [6, 6.07) is 3.71. The zero-order chi connectivity index (χ0) is 11.2. The van der Waals surface area contributed by atoms with E-state index in [-0.39, 0.29) is 5.54 Å². The Balaban J connectivity index is 2.11. The maximum atomic E-state index is 5.64. The van der Waals surface area contributed by atoms with Gasteiger partial charge >= 0.3 is 0 Å². The lowest BCUT2D eigenvalue weighted by atomic mass is 10.00. The molecule has 0 aromatic carbocycles. The number of hydrogen-bond donors (Lipinski definition) is 3. The van der Waals surface area contributed by atoms with Gasteiger partial charge in [0.1, 0.15) is 11.6 Å². The second-order valence-electron chi connectivity index (χ2n) is 4.56. The SMILES string of the molecule is CC1(c2nc3nc(N)ccc3[nH]2)CCCN1. The van der Waals surface area contributed by atoms with Crippen molar-refractivity contribution in [3.05, 3.63) is 18.0 Å². The first-order valence-electron chi connectivity index (χ1n) is 5.55. The van der Waals surface area contributed by atoms with E-state index in [4.69, 9.17) is 5.73 Å². The highest BCUT2D eigenvalue weighted by atomic mass is 15.1. The molecular formula is C11H15N5. The molecule has 5 heteroatoms. The normalized spacial score (nSPS) is 25.3. The van der Waals surface area contributed by atoms with Crippen LogP contribution in [0.4, 0.5) is 5.82 Å². The molecule has 0 radical (unpaired) electrons. The summed E-state index contributed by atoms with van der Waals surface area (Å²) < 4.78 is 0. The van der Waals surface area contributed by atoms with Gasteiger partial charge in [0.05, 0.1) is 11.1 Å². The van der Waals surface area contributed by atoms with Gasteiger partial charge < -0.3 is 16.0 Å². The molecule has 0 bridgehead atoms. The summed E-state index contributed by atoms with van der Waals surface area (Å²) in [5.41, 5.74) is 7.24. The van der Waals surface area contributed by atoms with Gasteiger partial charge in [-0.1, -0.05) is 0 Å². The smallest absolute Gasteiger partial charge is 0.179 e. The Morgan fingerprint density at radius 1 is 1.38 bits per heavy atom. The van der Waals surface area contributed by atoms with Crippen LogP contribution in [0.3, 0.4) is 0 Å². The van der Waals surface area contributed by atoms with Crippen molar-refractivity contribution < 1.29 is 0 Å². The third-order valence-electron chi connectivity index (χ3n) is 3.26. The number of hydrogen-bond acceptors (Lipinski definition) is 4. The third-order valence-corrected chi connectivity index (χ3v) is 3.26. The number of nitrogens with one attached hydrogen (secondary N) is 2. The first kappa shape index (κ1) is 9.59. The molecule has 84 valence electrons. The maximum Gasteiger partial charge on any atom is 0.179 e. The Bertz CT molecular complexity index is 524. The van der Waals surface area contributed by atoms with Crippen molar-refractivity contribution in [3.8, 4) is 0 Å². The number of fused-ring (bicyclic) bond motifs is 1. The number of H-pyrrole nitrogens is 1. The summed E-state index contributed by atoms with van der Waals surface area (Å²) in [5, 5.41) is 3.47. The van der Waals surface area contributed by atoms with E-state index < -0.39 is 0 Å². The number of imidazole rings is 1. The topological polar surface area (TPSA) is 79.6 Å². The summed E-state index contributed by atoms with van der Waals surface area (Å²) in [5.74, 6) is 1.47. The minimum absolute atomic E-state index is 0.0462. The molecule has 1 atom stereocenters. The Labute approximate surface area is 93.5 Å². The summed E-state index contributed by atoms with van der Waals surface area (Å²) in [6.45, 7) is 3.21. The minimum Gasteiger partial charge on any atom is -0.384 e. The number of nitrogens with two attached hydrogens (primary N) is 1. The molecule has 0 saturated carbocycles. The highest BCUT2D eigenvalue weighted by Gasteiger charge is 2.33. The van der Waals surface area contributed by atoms with Gasteiger partial charge in [0.25, 0.3) is 0 Å². The van der Waals surface area contributed by atoms with Crippen molar-refractivity contribution in [1.82, 2.24) is 20.3 Å². The van der Waals surface area contributed by atoms with Crippen LogP contribution in [0.25, 0.3) is 11.2 Å². The van der Waals surface area contributed by atoms with E-state index in [0.717, 1.165) is 24.3 Å². The fourth-order valence-corrected chi connectivity index (χ4v) is 2.27. The van der Waals surface area contributed by atoms with Crippen LogP contribution in [0.2, 0.25) is 0 Å². The summed E-state index contributed by atoms with van der Waals surface area (Å²) >= 11 is 0. The lowest BCUT2D eigenvalue weighted by Crippen LogP contribution is -2.34. The molecule has 0 spiro atoms. The van der Waals surface area contributed by atoms with E-state index in [2.05, 4.69) is 27.2 Å². The Morgan fingerprint density at radius 2 is 2.25 bits per heavy atom. The molecule has 0 amide bonds. The number of aromatic amines is 1. The van der Waals surface area contributed by atoms with E-state index in [1.54, 1.807) is 6.07 Å². The zero-order valence-corrected chi connectivity index (χ0v) is 9.25. The predicted molar refractivity (Wildman–Crippen MR) is 62.9 cm³/mol. The van der Waals surface area contributed by atoms with E-state index in [1.165, 1.54) is 6.42 Å². The van der Waals surface area contributed by atoms with Crippen LogP contribution < -0.4 is 11.1 Å². The number of rotatable bonds is 1. The fraction of sp³-hybridized carbons (Fsp3) is 0.455. The van der Waals surface area contributed by atoms with Gasteiger partial charge in [-0.3, -0.25) is 0 Å². The van der Waals surface area contributed by atoms with Crippen molar-refractivity contribution in [1.29, 1.82) is 0 Å².